The standard InChI is InChI=1S/C17H23FN2OS/c18-8-4-5-14-6-7-15-16(13-14)22-17(21)20(15)12-11-19-9-2-1-3-10-19/h6-7,13H,1-5,8-12H2. The zero-order valence-corrected chi connectivity index (χ0v) is 13.7. The van der Waals surface area contributed by atoms with E-state index in [1.54, 1.807) is 0 Å². The summed E-state index contributed by atoms with van der Waals surface area (Å²) in [5.41, 5.74) is 2.14. The normalized spacial score (nSPS) is 16.4. The van der Waals surface area contributed by atoms with Gasteiger partial charge < -0.3 is 4.90 Å². The monoisotopic (exact) mass is 322 g/mol. The Morgan fingerprint density at radius 2 is 1.95 bits per heavy atom. The first-order valence-corrected chi connectivity index (χ1v) is 9.00. The molecule has 0 spiro atoms. The van der Waals surface area contributed by atoms with E-state index in [0.717, 1.165) is 48.4 Å². The highest BCUT2D eigenvalue weighted by molar-refractivity contribution is 7.16. The maximum atomic E-state index is 12.3. The first-order valence-electron chi connectivity index (χ1n) is 8.18. The predicted octanol–water partition coefficient (Wildman–Crippen LogP) is 3.45. The second kappa shape index (κ2) is 7.38. The largest absolute Gasteiger partial charge is 0.308 e. The van der Waals surface area contributed by atoms with Crippen molar-refractivity contribution >= 4 is 21.6 Å². The second-order valence-electron chi connectivity index (χ2n) is 6.02. The molecule has 1 aromatic carbocycles. The number of rotatable bonds is 6. The number of benzene rings is 1. The van der Waals surface area contributed by atoms with Crippen molar-refractivity contribution in [1.29, 1.82) is 0 Å². The van der Waals surface area contributed by atoms with Gasteiger partial charge in [0.1, 0.15) is 0 Å². The molecule has 0 saturated carbocycles. The fourth-order valence-corrected chi connectivity index (χ4v) is 4.15. The lowest BCUT2D eigenvalue weighted by Crippen LogP contribution is -2.33. The van der Waals surface area contributed by atoms with Crippen LogP contribution < -0.4 is 4.87 Å². The van der Waals surface area contributed by atoms with E-state index in [1.165, 1.54) is 30.6 Å². The Balaban J connectivity index is 1.74. The van der Waals surface area contributed by atoms with Gasteiger partial charge in [-0.15, -0.1) is 0 Å². The van der Waals surface area contributed by atoms with E-state index in [9.17, 15) is 9.18 Å². The van der Waals surface area contributed by atoms with Crippen molar-refractivity contribution < 1.29 is 4.39 Å². The van der Waals surface area contributed by atoms with Crippen LogP contribution >= 0.6 is 11.3 Å². The molecule has 1 aliphatic rings. The maximum absolute atomic E-state index is 12.3. The van der Waals surface area contributed by atoms with Crippen LogP contribution in [-0.2, 0) is 13.0 Å². The van der Waals surface area contributed by atoms with E-state index < -0.39 is 0 Å². The van der Waals surface area contributed by atoms with E-state index in [0.29, 0.717) is 6.42 Å². The van der Waals surface area contributed by atoms with Gasteiger partial charge >= 0.3 is 4.87 Å². The number of hydrogen-bond donors (Lipinski definition) is 0. The number of fused-ring (bicyclic) bond motifs is 1. The van der Waals surface area contributed by atoms with Crippen LogP contribution in [0.5, 0.6) is 0 Å². The number of piperidine rings is 1. The second-order valence-corrected chi connectivity index (χ2v) is 7.01. The predicted molar refractivity (Wildman–Crippen MR) is 90.7 cm³/mol. The SMILES string of the molecule is O=c1sc2cc(CCCF)ccc2n1CCN1CCCCC1. The van der Waals surface area contributed by atoms with Gasteiger partial charge in [-0.1, -0.05) is 23.8 Å². The third kappa shape index (κ3) is 3.58. The van der Waals surface area contributed by atoms with Crippen molar-refractivity contribution in [2.24, 2.45) is 0 Å². The number of nitrogens with zero attached hydrogens (tertiary/aromatic N) is 2. The highest BCUT2D eigenvalue weighted by Crippen LogP contribution is 2.20. The van der Waals surface area contributed by atoms with Crippen molar-refractivity contribution in [3.63, 3.8) is 0 Å². The molecular formula is C17H23FN2OS. The lowest BCUT2D eigenvalue weighted by atomic mass is 10.1. The molecule has 1 fully saturated rings. The van der Waals surface area contributed by atoms with Gasteiger partial charge in [0.05, 0.1) is 16.9 Å². The van der Waals surface area contributed by atoms with Crippen LogP contribution in [0, 0.1) is 0 Å². The molecule has 0 bridgehead atoms. The highest BCUT2D eigenvalue weighted by atomic mass is 32.1. The Hall–Kier alpha value is -1.20. The van der Waals surface area contributed by atoms with Crippen LogP contribution in [0.2, 0.25) is 0 Å². The Kier molecular flexibility index (Phi) is 5.26. The van der Waals surface area contributed by atoms with Crippen LogP contribution in [0.15, 0.2) is 23.0 Å². The number of aryl methyl sites for hydroxylation is 1. The van der Waals surface area contributed by atoms with Crippen molar-refractivity contribution in [2.45, 2.75) is 38.6 Å². The molecule has 22 heavy (non-hydrogen) atoms. The molecule has 5 heteroatoms. The quantitative estimate of drug-likeness (QED) is 0.814. The van der Waals surface area contributed by atoms with E-state index in [1.807, 2.05) is 16.7 Å². The number of aromatic nitrogens is 1. The summed E-state index contributed by atoms with van der Waals surface area (Å²) in [5, 5.41) is 0. The summed E-state index contributed by atoms with van der Waals surface area (Å²) in [6, 6.07) is 6.10. The zero-order chi connectivity index (χ0) is 15.4. The topological polar surface area (TPSA) is 25.2 Å². The van der Waals surface area contributed by atoms with Gasteiger partial charge in [-0.2, -0.15) is 0 Å². The van der Waals surface area contributed by atoms with Gasteiger partial charge in [0.25, 0.3) is 0 Å². The fraction of sp³-hybridized carbons (Fsp3) is 0.588. The molecule has 0 amide bonds. The summed E-state index contributed by atoms with van der Waals surface area (Å²) in [4.78, 5) is 14.8. The highest BCUT2D eigenvalue weighted by Gasteiger charge is 2.12. The molecule has 0 atom stereocenters. The summed E-state index contributed by atoms with van der Waals surface area (Å²) in [6.07, 6.45) is 5.18. The Morgan fingerprint density at radius 1 is 1.14 bits per heavy atom. The summed E-state index contributed by atoms with van der Waals surface area (Å²) in [7, 11) is 0. The number of alkyl halides is 1. The molecule has 120 valence electrons. The summed E-state index contributed by atoms with van der Waals surface area (Å²) >= 11 is 1.31. The van der Waals surface area contributed by atoms with Crippen LogP contribution in [0.3, 0.4) is 0 Å². The van der Waals surface area contributed by atoms with E-state index in [4.69, 9.17) is 0 Å². The zero-order valence-electron chi connectivity index (χ0n) is 12.9. The molecule has 2 aromatic rings. The summed E-state index contributed by atoms with van der Waals surface area (Å²) in [6.45, 7) is 3.75. The number of thiazole rings is 1. The Bertz CT molecular complexity index is 673. The van der Waals surface area contributed by atoms with Gasteiger partial charge in [-0.3, -0.25) is 13.8 Å². The summed E-state index contributed by atoms with van der Waals surface area (Å²) in [5.74, 6) is 0. The summed E-state index contributed by atoms with van der Waals surface area (Å²) < 4.78 is 15.2. The lowest BCUT2D eigenvalue weighted by molar-refractivity contribution is 0.221. The smallest absolute Gasteiger partial charge is 0.302 e. The number of likely N-dealkylation sites (tertiary alicyclic amines) is 1. The van der Waals surface area contributed by atoms with E-state index in [-0.39, 0.29) is 11.5 Å². The lowest BCUT2D eigenvalue weighted by Gasteiger charge is -2.26. The van der Waals surface area contributed by atoms with Gasteiger partial charge in [0, 0.05) is 13.1 Å². The van der Waals surface area contributed by atoms with Gasteiger partial charge in [-0.25, -0.2) is 0 Å². The Morgan fingerprint density at radius 3 is 2.73 bits per heavy atom. The van der Waals surface area contributed by atoms with Crippen molar-refractivity contribution in [3.8, 4) is 0 Å². The molecule has 1 aliphatic heterocycles. The number of hydrogen-bond acceptors (Lipinski definition) is 3. The minimum Gasteiger partial charge on any atom is -0.302 e. The third-order valence-corrected chi connectivity index (χ3v) is 5.36. The van der Waals surface area contributed by atoms with Crippen molar-refractivity contribution in [2.75, 3.05) is 26.3 Å². The van der Waals surface area contributed by atoms with Gasteiger partial charge in [0.2, 0.25) is 0 Å². The molecule has 0 radical (unpaired) electrons. The molecule has 0 N–H and O–H groups in total. The minimum atomic E-state index is -0.287. The molecule has 3 rings (SSSR count). The fourth-order valence-electron chi connectivity index (χ4n) is 3.17. The first-order chi connectivity index (χ1) is 10.8. The van der Waals surface area contributed by atoms with Crippen LogP contribution in [0.4, 0.5) is 4.39 Å². The molecule has 0 unspecified atom stereocenters. The first kappa shape index (κ1) is 15.7. The maximum Gasteiger partial charge on any atom is 0.308 e. The minimum absolute atomic E-state index is 0.120. The van der Waals surface area contributed by atoms with Gasteiger partial charge in [0.15, 0.2) is 0 Å². The molecule has 2 heterocycles. The van der Waals surface area contributed by atoms with Crippen molar-refractivity contribution in [1.82, 2.24) is 9.47 Å². The molecular weight excluding hydrogens is 299 g/mol. The number of halogens is 1. The molecule has 1 aromatic heterocycles. The molecule has 0 aliphatic carbocycles. The van der Waals surface area contributed by atoms with Gasteiger partial charge in [-0.05, 0) is 56.5 Å². The van der Waals surface area contributed by atoms with Crippen molar-refractivity contribution in [3.05, 3.63) is 33.4 Å². The molecule has 1 saturated heterocycles. The van der Waals surface area contributed by atoms with Crippen LogP contribution in [-0.4, -0.2) is 35.8 Å². The van der Waals surface area contributed by atoms with Crippen LogP contribution in [0.25, 0.3) is 10.2 Å². The average molecular weight is 322 g/mol. The van der Waals surface area contributed by atoms with Crippen LogP contribution in [0.1, 0.15) is 31.2 Å². The van der Waals surface area contributed by atoms with E-state index in [2.05, 4.69) is 11.0 Å². The average Bonchev–Trinajstić information content (AvgIpc) is 2.86. The third-order valence-electron chi connectivity index (χ3n) is 4.42. The van der Waals surface area contributed by atoms with E-state index >= 15 is 0 Å². The Labute approximate surface area is 134 Å². The molecule has 3 nitrogen and oxygen atoms in total.